The van der Waals surface area contributed by atoms with E-state index in [-0.39, 0.29) is 0 Å². The highest BCUT2D eigenvalue weighted by Gasteiger charge is 2.19. The van der Waals surface area contributed by atoms with Gasteiger partial charge in [0, 0.05) is 6.04 Å². The van der Waals surface area contributed by atoms with Crippen LogP contribution in [0.1, 0.15) is 49.7 Å². The molecule has 3 nitrogen and oxygen atoms in total. The molecule has 0 aliphatic carbocycles. The van der Waals surface area contributed by atoms with Gasteiger partial charge in [0.15, 0.2) is 0 Å². The molecule has 1 heterocycles. The SMILES string of the molecule is CCCC(C)C(NC)c1cc(C)nnc1C. The molecule has 0 spiro atoms. The molecule has 1 aromatic heterocycles. The van der Waals surface area contributed by atoms with Gasteiger partial charge in [-0.15, -0.1) is 0 Å². The number of hydrogen-bond donors (Lipinski definition) is 1. The van der Waals surface area contributed by atoms with Crippen LogP contribution in [0.5, 0.6) is 0 Å². The maximum absolute atomic E-state index is 4.20. The van der Waals surface area contributed by atoms with Crippen LogP contribution in [0.25, 0.3) is 0 Å². The van der Waals surface area contributed by atoms with Gasteiger partial charge in [-0.25, -0.2) is 0 Å². The summed E-state index contributed by atoms with van der Waals surface area (Å²) in [5, 5.41) is 11.7. The number of aryl methyl sites for hydroxylation is 2. The quantitative estimate of drug-likeness (QED) is 0.831. The first kappa shape index (κ1) is 13.1. The molecule has 0 bridgehead atoms. The van der Waals surface area contributed by atoms with Crippen molar-refractivity contribution in [2.45, 2.75) is 46.6 Å². The molecule has 1 rings (SSSR count). The van der Waals surface area contributed by atoms with Crippen LogP contribution in [-0.2, 0) is 0 Å². The summed E-state index contributed by atoms with van der Waals surface area (Å²) in [6.07, 6.45) is 2.45. The minimum Gasteiger partial charge on any atom is -0.313 e. The molecule has 3 heteroatoms. The van der Waals surface area contributed by atoms with E-state index in [9.17, 15) is 0 Å². The second-order valence-electron chi connectivity index (χ2n) is 4.56. The monoisotopic (exact) mass is 221 g/mol. The number of hydrogen-bond acceptors (Lipinski definition) is 3. The molecule has 0 fully saturated rings. The Balaban J connectivity index is 2.98. The molecule has 0 aliphatic rings. The van der Waals surface area contributed by atoms with Gasteiger partial charge in [0.25, 0.3) is 0 Å². The third-order valence-electron chi connectivity index (χ3n) is 3.10. The van der Waals surface area contributed by atoms with Crippen molar-refractivity contribution in [1.82, 2.24) is 15.5 Å². The molecule has 1 aromatic rings. The predicted molar refractivity (Wildman–Crippen MR) is 67.4 cm³/mol. The number of nitrogens with one attached hydrogen (secondary N) is 1. The predicted octanol–water partition coefficient (Wildman–Crippen LogP) is 2.79. The standard InChI is InChI=1S/C13H23N3/c1-6-7-9(2)13(14-5)12-8-10(3)15-16-11(12)4/h8-9,13-14H,6-7H2,1-5H3. The van der Waals surface area contributed by atoms with Crippen LogP contribution in [0.4, 0.5) is 0 Å². The average Bonchev–Trinajstić information content (AvgIpc) is 2.24. The van der Waals surface area contributed by atoms with E-state index < -0.39 is 0 Å². The van der Waals surface area contributed by atoms with Crippen molar-refractivity contribution in [1.29, 1.82) is 0 Å². The minimum absolute atomic E-state index is 0.383. The topological polar surface area (TPSA) is 37.8 Å². The molecule has 0 amide bonds. The molecule has 16 heavy (non-hydrogen) atoms. The first-order chi connectivity index (χ1) is 7.60. The summed E-state index contributed by atoms with van der Waals surface area (Å²) in [7, 11) is 2.02. The minimum atomic E-state index is 0.383. The lowest BCUT2D eigenvalue weighted by atomic mass is 9.90. The second kappa shape index (κ2) is 5.94. The summed E-state index contributed by atoms with van der Waals surface area (Å²) in [4.78, 5) is 0. The molecule has 2 unspecified atom stereocenters. The molecule has 0 aromatic carbocycles. The third-order valence-corrected chi connectivity index (χ3v) is 3.10. The molecule has 0 saturated heterocycles. The van der Waals surface area contributed by atoms with Crippen molar-refractivity contribution >= 4 is 0 Å². The van der Waals surface area contributed by atoms with Crippen LogP contribution >= 0.6 is 0 Å². The van der Waals surface area contributed by atoms with Crippen molar-refractivity contribution in [3.05, 3.63) is 23.0 Å². The molecular weight excluding hydrogens is 198 g/mol. The van der Waals surface area contributed by atoms with Crippen LogP contribution in [-0.4, -0.2) is 17.2 Å². The molecule has 2 atom stereocenters. The number of rotatable bonds is 5. The highest BCUT2D eigenvalue weighted by molar-refractivity contribution is 5.24. The van der Waals surface area contributed by atoms with Crippen LogP contribution in [0.15, 0.2) is 6.07 Å². The van der Waals surface area contributed by atoms with Gasteiger partial charge in [0.2, 0.25) is 0 Å². The summed E-state index contributed by atoms with van der Waals surface area (Å²) in [6, 6.07) is 2.53. The fourth-order valence-electron chi connectivity index (χ4n) is 2.25. The van der Waals surface area contributed by atoms with Gasteiger partial charge in [-0.3, -0.25) is 0 Å². The third kappa shape index (κ3) is 3.01. The van der Waals surface area contributed by atoms with Crippen LogP contribution in [0, 0.1) is 19.8 Å². The summed E-state index contributed by atoms with van der Waals surface area (Å²) in [5.41, 5.74) is 3.31. The zero-order chi connectivity index (χ0) is 12.1. The zero-order valence-corrected chi connectivity index (χ0v) is 11.0. The highest BCUT2D eigenvalue weighted by atomic mass is 15.1. The van der Waals surface area contributed by atoms with E-state index in [1.807, 2.05) is 20.9 Å². The Bertz CT molecular complexity index is 336. The lowest BCUT2D eigenvalue weighted by molar-refractivity contribution is 0.381. The Kier molecular flexibility index (Phi) is 4.87. The van der Waals surface area contributed by atoms with E-state index in [0.29, 0.717) is 12.0 Å². The molecule has 90 valence electrons. The molecule has 0 radical (unpaired) electrons. The van der Waals surface area contributed by atoms with E-state index in [4.69, 9.17) is 0 Å². The second-order valence-corrected chi connectivity index (χ2v) is 4.56. The van der Waals surface area contributed by atoms with Gasteiger partial charge in [-0.2, -0.15) is 10.2 Å². The first-order valence-corrected chi connectivity index (χ1v) is 6.08. The van der Waals surface area contributed by atoms with Crippen molar-refractivity contribution in [2.75, 3.05) is 7.05 Å². The average molecular weight is 221 g/mol. The van der Waals surface area contributed by atoms with Crippen molar-refractivity contribution in [2.24, 2.45) is 5.92 Å². The van der Waals surface area contributed by atoms with Gasteiger partial charge in [-0.05, 0) is 44.9 Å². The Morgan fingerprint density at radius 1 is 1.31 bits per heavy atom. The van der Waals surface area contributed by atoms with Gasteiger partial charge in [0.05, 0.1) is 11.4 Å². The van der Waals surface area contributed by atoms with E-state index >= 15 is 0 Å². The van der Waals surface area contributed by atoms with Crippen LogP contribution < -0.4 is 5.32 Å². The molecule has 0 saturated carbocycles. The van der Waals surface area contributed by atoms with Crippen molar-refractivity contribution < 1.29 is 0 Å². The highest BCUT2D eigenvalue weighted by Crippen LogP contribution is 2.26. The van der Waals surface area contributed by atoms with E-state index in [0.717, 1.165) is 11.4 Å². The largest absolute Gasteiger partial charge is 0.313 e. The molecule has 1 N–H and O–H groups in total. The number of aromatic nitrogens is 2. The lowest BCUT2D eigenvalue weighted by Crippen LogP contribution is -2.25. The summed E-state index contributed by atoms with van der Waals surface area (Å²) in [6.45, 7) is 8.55. The normalized spacial score (nSPS) is 14.8. The Morgan fingerprint density at radius 3 is 2.56 bits per heavy atom. The molecule has 0 aliphatic heterocycles. The van der Waals surface area contributed by atoms with Crippen LogP contribution in [0.2, 0.25) is 0 Å². The molecular formula is C13H23N3. The van der Waals surface area contributed by atoms with Crippen LogP contribution in [0.3, 0.4) is 0 Å². The summed E-state index contributed by atoms with van der Waals surface area (Å²) in [5.74, 6) is 0.622. The lowest BCUT2D eigenvalue weighted by Gasteiger charge is -2.24. The van der Waals surface area contributed by atoms with Gasteiger partial charge in [-0.1, -0.05) is 20.3 Å². The van der Waals surface area contributed by atoms with Crippen molar-refractivity contribution in [3.63, 3.8) is 0 Å². The van der Waals surface area contributed by atoms with Gasteiger partial charge < -0.3 is 5.32 Å². The Morgan fingerprint density at radius 2 is 2.00 bits per heavy atom. The van der Waals surface area contributed by atoms with Gasteiger partial charge >= 0.3 is 0 Å². The zero-order valence-electron chi connectivity index (χ0n) is 11.0. The van der Waals surface area contributed by atoms with Gasteiger partial charge in [0.1, 0.15) is 0 Å². The van der Waals surface area contributed by atoms with E-state index in [2.05, 4.69) is 35.4 Å². The van der Waals surface area contributed by atoms with E-state index in [1.54, 1.807) is 0 Å². The maximum atomic E-state index is 4.20. The fraction of sp³-hybridized carbons (Fsp3) is 0.692. The maximum Gasteiger partial charge on any atom is 0.0648 e. The number of nitrogens with zero attached hydrogens (tertiary/aromatic N) is 2. The summed E-state index contributed by atoms with van der Waals surface area (Å²) < 4.78 is 0. The van der Waals surface area contributed by atoms with Crippen molar-refractivity contribution in [3.8, 4) is 0 Å². The fourth-order valence-corrected chi connectivity index (χ4v) is 2.25. The smallest absolute Gasteiger partial charge is 0.0648 e. The Labute approximate surface area is 98.7 Å². The summed E-state index contributed by atoms with van der Waals surface area (Å²) >= 11 is 0. The Hall–Kier alpha value is -0.960. The van der Waals surface area contributed by atoms with E-state index in [1.165, 1.54) is 18.4 Å². The first-order valence-electron chi connectivity index (χ1n) is 6.08.